The summed E-state index contributed by atoms with van der Waals surface area (Å²) in [4.78, 5) is 1.98. The van der Waals surface area contributed by atoms with Crippen LogP contribution in [0, 0.1) is 5.82 Å². The average molecular weight is 179 g/mol. The molecule has 1 aromatic rings. The summed E-state index contributed by atoms with van der Waals surface area (Å²) in [5, 5.41) is 0. The van der Waals surface area contributed by atoms with Gasteiger partial charge in [-0.3, -0.25) is 0 Å². The van der Waals surface area contributed by atoms with E-state index in [0.29, 0.717) is 0 Å². The van der Waals surface area contributed by atoms with E-state index in [-0.39, 0.29) is 5.82 Å². The maximum atomic E-state index is 12.5. The van der Waals surface area contributed by atoms with Crippen molar-refractivity contribution in [1.29, 1.82) is 0 Å². The lowest BCUT2D eigenvalue weighted by Crippen LogP contribution is -2.00. The lowest BCUT2D eigenvalue weighted by Gasteiger charge is -2.02. The SMILES string of the molecule is CN(C)/C=C/Cc1ccc(F)cc1. The first-order chi connectivity index (χ1) is 6.18. The van der Waals surface area contributed by atoms with E-state index in [1.807, 2.05) is 31.3 Å². The number of rotatable bonds is 3. The molecule has 0 heterocycles. The Morgan fingerprint density at radius 2 is 1.85 bits per heavy atom. The Balaban J connectivity index is 2.50. The van der Waals surface area contributed by atoms with Crippen molar-refractivity contribution in [2.45, 2.75) is 6.42 Å². The Morgan fingerprint density at radius 3 is 2.38 bits per heavy atom. The van der Waals surface area contributed by atoms with Crippen molar-refractivity contribution in [3.63, 3.8) is 0 Å². The highest BCUT2D eigenvalue weighted by Gasteiger charge is 1.90. The zero-order chi connectivity index (χ0) is 9.68. The van der Waals surface area contributed by atoms with E-state index >= 15 is 0 Å². The predicted octanol–water partition coefficient (Wildman–Crippen LogP) is 2.44. The zero-order valence-electron chi connectivity index (χ0n) is 8.00. The van der Waals surface area contributed by atoms with Gasteiger partial charge in [-0.2, -0.15) is 0 Å². The highest BCUT2D eigenvalue weighted by Crippen LogP contribution is 2.03. The Bertz CT molecular complexity index is 275. The van der Waals surface area contributed by atoms with Crippen molar-refractivity contribution in [3.8, 4) is 0 Å². The molecule has 0 amide bonds. The first-order valence-corrected chi connectivity index (χ1v) is 4.26. The van der Waals surface area contributed by atoms with Crippen molar-refractivity contribution in [2.75, 3.05) is 14.1 Å². The Labute approximate surface area is 78.5 Å². The number of hydrogen-bond donors (Lipinski definition) is 0. The van der Waals surface area contributed by atoms with Gasteiger partial charge in [-0.15, -0.1) is 0 Å². The molecular formula is C11H14FN. The van der Waals surface area contributed by atoms with Crippen LogP contribution in [0.4, 0.5) is 4.39 Å². The molecule has 70 valence electrons. The van der Waals surface area contributed by atoms with Crippen molar-refractivity contribution < 1.29 is 4.39 Å². The lowest BCUT2D eigenvalue weighted by atomic mass is 10.1. The van der Waals surface area contributed by atoms with Gasteiger partial charge < -0.3 is 4.90 Å². The van der Waals surface area contributed by atoms with E-state index in [0.717, 1.165) is 12.0 Å². The van der Waals surface area contributed by atoms with Gasteiger partial charge in [0.15, 0.2) is 0 Å². The van der Waals surface area contributed by atoms with Gasteiger partial charge >= 0.3 is 0 Å². The fraction of sp³-hybridized carbons (Fsp3) is 0.273. The van der Waals surface area contributed by atoms with Gasteiger partial charge in [0.2, 0.25) is 0 Å². The average Bonchev–Trinajstić information content (AvgIpc) is 2.08. The Hall–Kier alpha value is -1.31. The zero-order valence-corrected chi connectivity index (χ0v) is 8.00. The van der Waals surface area contributed by atoms with Crippen LogP contribution >= 0.6 is 0 Å². The van der Waals surface area contributed by atoms with Crippen molar-refractivity contribution in [2.24, 2.45) is 0 Å². The Morgan fingerprint density at radius 1 is 1.23 bits per heavy atom. The second-order valence-electron chi connectivity index (χ2n) is 3.18. The van der Waals surface area contributed by atoms with E-state index in [9.17, 15) is 4.39 Å². The van der Waals surface area contributed by atoms with E-state index in [1.54, 1.807) is 12.1 Å². The number of hydrogen-bond acceptors (Lipinski definition) is 1. The first-order valence-electron chi connectivity index (χ1n) is 4.26. The topological polar surface area (TPSA) is 3.24 Å². The summed E-state index contributed by atoms with van der Waals surface area (Å²) in [7, 11) is 3.95. The summed E-state index contributed by atoms with van der Waals surface area (Å²) in [6.07, 6.45) is 4.88. The predicted molar refractivity (Wildman–Crippen MR) is 52.9 cm³/mol. The molecule has 0 atom stereocenters. The van der Waals surface area contributed by atoms with Crippen LogP contribution in [0.1, 0.15) is 5.56 Å². The molecule has 0 N–H and O–H groups in total. The van der Waals surface area contributed by atoms with Gasteiger partial charge in [0, 0.05) is 14.1 Å². The molecule has 0 fully saturated rings. The second kappa shape index (κ2) is 4.65. The number of halogens is 1. The molecule has 0 aromatic heterocycles. The van der Waals surface area contributed by atoms with Gasteiger partial charge in [0.1, 0.15) is 5.82 Å². The minimum Gasteiger partial charge on any atom is -0.384 e. The summed E-state index contributed by atoms with van der Waals surface area (Å²) < 4.78 is 12.5. The molecular weight excluding hydrogens is 165 g/mol. The molecule has 1 aromatic carbocycles. The lowest BCUT2D eigenvalue weighted by molar-refractivity contribution is 0.562. The maximum absolute atomic E-state index is 12.5. The van der Waals surface area contributed by atoms with E-state index in [1.165, 1.54) is 12.1 Å². The summed E-state index contributed by atoms with van der Waals surface area (Å²) in [6, 6.07) is 6.57. The highest BCUT2D eigenvalue weighted by atomic mass is 19.1. The standard InChI is InChI=1S/C11H14FN/c1-13(2)9-3-4-10-5-7-11(12)8-6-10/h3,5-9H,4H2,1-2H3/b9-3+. The van der Waals surface area contributed by atoms with Gasteiger partial charge in [-0.1, -0.05) is 18.2 Å². The molecule has 0 unspecified atom stereocenters. The van der Waals surface area contributed by atoms with Crippen LogP contribution in [0.25, 0.3) is 0 Å². The van der Waals surface area contributed by atoms with E-state index < -0.39 is 0 Å². The molecule has 1 nitrogen and oxygen atoms in total. The minimum absolute atomic E-state index is 0.180. The molecule has 0 saturated heterocycles. The largest absolute Gasteiger partial charge is 0.384 e. The molecule has 13 heavy (non-hydrogen) atoms. The van der Waals surface area contributed by atoms with Crippen LogP contribution in [-0.2, 0) is 6.42 Å². The van der Waals surface area contributed by atoms with Gasteiger partial charge in [-0.05, 0) is 30.3 Å². The summed E-state index contributed by atoms with van der Waals surface area (Å²) in [5.41, 5.74) is 1.12. The third-order valence-electron chi connectivity index (χ3n) is 1.67. The molecule has 0 spiro atoms. The second-order valence-corrected chi connectivity index (χ2v) is 3.18. The van der Waals surface area contributed by atoms with Gasteiger partial charge in [-0.25, -0.2) is 4.39 Å². The molecule has 1 rings (SSSR count). The van der Waals surface area contributed by atoms with Crippen LogP contribution in [0.2, 0.25) is 0 Å². The van der Waals surface area contributed by atoms with Gasteiger partial charge in [0.05, 0.1) is 0 Å². The monoisotopic (exact) mass is 179 g/mol. The third kappa shape index (κ3) is 3.74. The normalized spacial score (nSPS) is 10.7. The molecule has 2 heteroatoms. The van der Waals surface area contributed by atoms with Crippen molar-refractivity contribution in [1.82, 2.24) is 4.90 Å². The molecule has 0 saturated carbocycles. The van der Waals surface area contributed by atoms with E-state index in [2.05, 4.69) is 0 Å². The number of benzene rings is 1. The fourth-order valence-electron chi connectivity index (χ4n) is 1.02. The Kier molecular flexibility index (Phi) is 3.50. The summed E-state index contributed by atoms with van der Waals surface area (Å²) >= 11 is 0. The van der Waals surface area contributed by atoms with E-state index in [4.69, 9.17) is 0 Å². The smallest absolute Gasteiger partial charge is 0.123 e. The van der Waals surface area contributed by atoms with Crippen LogP contribution in [-0.4, -0.2) is 19.0 Å². The summed E-state index contributed by atoms with van der Waals surface area (Å²) in [6.45, 7) is 0. The fourth-order valence-corrected chi connectivity index (χ4v) is 1.02. The molecule has 0 aliphatic rings. The highest BCUT2D eigenvalue weighted by molar-refractivity contribution is 5.18. The maximum Gasteiger partial charge on any atom is 0.123 e. The number of allylic oxidation sites excluding steroid dienone is 1. The van der Waals surface area contributed by atoms with Crippen LogP contribution < -0.4 is 0 Å². The third-order valence-corrected chi connectivity index (χ3v) is 1.67. The van der Waals surface area contributed by atoms with Crippen molar-refractivity contribution in [3.05, 3.63) is 47.9 Å². The summed E-state index contributed by atoms with van der Waals surface area (Å²) in [5.74, 6) is -0.180. The molecule has 0 bridgehead atoms. The van der Waals surface area contributed by atoms with Gasteiger partial charge in [0.25, 0.3) is 0 Å². The molecule has 0 aliphatic heterocycles. The number of nitrogens with zero attached hydrogens (tertiary/aromatic N) is 1. The molecule has 0 aliphatic carbocycles. The van der Waals surface area contributed by atoms with Crippen LogP contribution in [0.5, 0.6) is 0 Å². The molecule has 0 radical (unpaired) electrons. The van der Waals surface area contributed by atoms with Crippen LogP contribution in [0.15, 0.2) is 36.5 Å². The quantitative estimate of drug-likeness (QED) is 0.689. The minimum atomic E-state index is -0.180. The van der Waals surface area contributed by atoms with Crippen LogP contribution in [0.3, 0.4) is 0 Å². The van der Waals surface area contributed by atoms with Crippen molar-refractivity contribution >= 4 is 0 Å². The first kappa shape index (κ1) is 9.78.